The van der Waals surface area contributed by atoms with Crippen LogP contribution in [0.2, 0.25) is 0 Å². The number of aromatic nitrogens is 2. The highest BCUT2D eigenvalue weighted by atomic mass is 15.4. The van der Waals surface area contributed by atoms with Gasteiger partial charge in [-0.15, -0.1) is 0 Å². The van der Waals surface area contributed by atoms with Crippen molar-refractivity contribution in [2.75, 3.05) is 23.7 Å². The van der Waals surface area contributed by atoms with E-state index in [1.807, 2.05) is 18.7 Å². The van der Waals surface area contributed by atoms with Crippen molar-refractivity contribution >= 4 is 11.5 Å². The van der Waals surface area contributed by atoms with Gasteiger partial charge in [0.1, 0.15) is 5.82 Å². The Bertz CT molecular complexity index is 381. The molecular formula is C15H30N4. The second-order valence-electron chi connectivity index (χ2n) is 6.30. The summed E-state index contributed by atoms with van der Waals surface area (Å²) in [5, 5.41) is 4.44. The van der Waals surface area contributed by atoms with Crippen molar-refractivity contribution < 1.29 is 0 Å². The van der Waals surface area contributed by atoms with Gasteiger partial charge in [0.25, 0.3) is 0 Å². The molecule has 0 atom stereocenters. The Kier molecular flexibility index (Phi) is 5.70. The number of nitrogens with two attached hydrogens (primary N) is 1. The van der Waals surface area contributed by atoms with Crippen LogP contribution in [0.5, 0.6) is 0 Å². The topological polar surface area (TPSA) is 47.1 Å². The first-order chi connectivity index (χ1) is 8.82. The van der Waals surface area contributed by atoms with Crippen LogP contribution < -0.4 is 10.6 Å². The molecule has 0 unspecified atom stereocenters. The summed E-state index contributed by atoms with van der Waals surface area (Å²) in [6, 6.07) is 0. The lowest BCUT2D eigenvalue weighted by molar-refractivity contribution is 0.527. The van der Waals surface area contributed by atoms with Gasteiger partial charge in [-0.2, -0.15) is 5.10 Å². The SMILES string of the molecule is Cc1nn(C)c(N(CCC(C)C)CCC(C)C)c1N. The number of hydrogen-bond acceptors (Lipinski definition) is 3. The van der Waals surface area contributed by atoms with E-state index >= 15 is 0 Å². The van der Waals surface area contributed by atoms with Crippen LogP contribution in [0.15, 0.2) is 0 Å². The average Bonchev–Trinajstić information content (AvgIpc) is 2.54. The molecular weight excluding hydrogens is 236 g/mol. The van der Waals surface area contributed by atoms with E-state index in [4.69, 9.17) is 5.73 Å². The standard InChI is InChI=1S/C15H30N4/c1-11(2)7-9-19(10-8-12(3)4)15-14(16)13(5)17-18(15)6/h11-12H,7-10,16H2,1-6H3. The molecule has 0 aliphatic carbocycles. The van der Waals surface area contributed by atoms with Crippen molar-refractivity contribution in [2.24, 2.45) is 18.9 Å². The molecule has 0 aliphatic rings. The fourth-order valence-electron chi connectivity index (χ4n) is 2.19. The Balaban J connectivity index is 2.87. The van der Waals surface area contributed by atoms with Crippen LogP contribution in [-0.2, 0) is 7.05 Å². The van der Waals surface area contributed by atoms with Crippen molar-refractivity contribution in [1.82, 2.24) is 9.78 Å². The molecule has 1 heterocycles. The Morgan fingerprint density at radius 2 is 1.58 bits per heavy atom. The molecule has 4 heteroatoms. The molecule has 1 rings (SSSR count). The molecule has 0 aromatic carbocycles. The van der Waals surface area contributed by atoms with Crippen LogP contribution >= 0.6 is 0 Å². The van der Waals surface area contributed by atoms with Crippen LogP contribution in [0.1, 0.15) is 46.2 Å². The van der Waals surface area contributed by atoms with E-state index in [0.717, 1.165) is 30.3 Å². The molecule has 0 radical (unpaired) electrons. The lowest BCUT2D eigenvalue weighted by Gasteiger charge is -2.27. The van der Waals surface area contributed by atoms with Crippen LogP contribution in [0.3, 0.4) is 0 Å². The van der Waals surface area contributed by atoms with E-state index < -0.39 is 0 Å². The number of hydrogen-bond donors (Lipinski definition) is 1. The van der Waals surface area contributed by atoms with Crippen molar-refractivity contribution in [3.63, 3.8) is 0 Å². The first-order valence-corrected chi connectivity index (χ1v) is 7.37. The van der Waals surface area contributed by atoms with Crippen LogP contribution in [0, 0.1) is 18.8 Å². The lowest BCUT2D eigenvalue weighted by atomic mass is 10.1. The third-order valence-electron chi connectivity index (χ3n) is 3.49. The van der Waals surface area contributed by atoms with Gasteiger partial charge in [0, 0.05) is 20.1 Å². The highest BCUT2D eigenvalue weighted by Gasteiger charge is 2.17. The summed E-state index contributed by atoms with van der Waals surface area (Å²) in [6.07, 6.45) is 2.36. The van der Waals surface area contributed by atoms with E-state index in [1.54, 1.807) is 0 Å². The van der Waals surface area contributed by atoms with Crippen LogP contribution in [-0.4, -0.2) is 22.9 Å². The monoisotopic (exact) mass is 266 g/mol. The summed E-state index contributed by atoms with van der Waals surface area (Å²) in [5.74, 6) is 2.49. The summed E-state index contributed by atoms with van der Waals surface area (Å²) in [6.45, 7) is 13.1. The Hall–Kier alpha value is -1.19. The minimum absolute atomic E-state index is 0.706. The van der Waals surface area contributed by atoms with Crippen LogP contribution in [0.4, 0.5) is 11.5 Å². The number of aryl methyl sites for hydroxylation is 2. The predicted molar refractivity (Wildman–Crippen MR) is 83.5 cm³/mol. The zero-order valence-corrected chi connectivity index (χ0v) is 13.4. The Morgan fingerprint density at radius 1 is 1.11 bits per heavy atom. The van der Waals surface area contributed by atoms with Gasteiger partial charge in [-0.3, -0.25) is 4.68 Å². The summed E-state index contributed by atoms with van der Waals surface area (Å²) >= 11 is 0. The zero-order chi connectivity index (χ0) is 14.6. The fraction of sp³-hybridized carbons (Fsp3) is 0.800. The van der Waals surface area contributed by atoms with Gasteiger partial charge >= 0.3 is 0 Å². The minimum Gasteiger partial charge on any atom is -0.394 e. The molecule has 0 fully saturated rings. The van der Waals surface area contributed by atoms with Gasteiger partial charge in [0.05, 0.1) is 11.4 Å². The van der Waals surface area contributed by atoms with Gasteiger partial charge in [0.2, 0.25) is 0 Å². The van der Waals surface area contributed by atoms with Crippen molar-refractivity contribution in [3.8, 4) is 0 Å². The molecule has 1 aromatic rings. The molecule has 0 bridgehead atoms. The highest BCUT2D eigenvalue weighted by molar-refractivity contribution is 5.66. The normalized spacial score (nSPS) is 11.6. The molecule has 1 aromatic heterocycles. The fourth-order valence-corrected chi connectivity index (χ4v) is 2.19. The second kappa shape index (κ2) is 6.83. The second-order valence-corrected chi connectivity index (χ2v) is 6.30. The Morgan fingerprint density at radius 3 is 1.89 bits per heavy atom. The maximum absolute atomic E-state index is 6.19. The summed E-state index contributed by atoms with van der Waals surface area (Å²) in [5.41, 5.74) is 7.95. The third-order valence-corrected chi connectivity index (χ3v) is 3.49. The zero-order valence-electron chi connectivity index (χ0n) is 13.4. The Labute approximate surface area is 118 Å². The molecule has 0 saturated carbocycles. The van der Waals surface area contributed by atoms with E-state index in [2.05, 4.69) is 37.7 Å². The van der Waals surface area contributed by atoms with E-state index in [9.17, 15) is 0 Å². The smallest absolute Gasteiger partial charge is 0.150 e. The van der Waals surface area contributed by atoms with Gasteiger partial charge in [-0.25, -0.2) is 0 Å². The van der Waals surface area contributed by atoms with E-state index in [0.29, 0.717) is 11.8 Å². The van der Waals surface area contributed by atoms with Crippen molar-refractivity contribution in [3.05, 3.63) is 5.69 Å². The predicted octanol–water partition coefficient (Wildman–Crippen LogP) is 3.21. The molecule has 2 N–H and O–H groups in total. The highest BCUT2D eigenvalue weighted by Crippen LogP contribution is 2.26. The molecule has 0 amide bonds. The molecule has 4 nitrogen and oxygen atoms in total. The number of nitrogen functional groups attached to an aromatic ring is 1. The van der Waals surface area contributed by atoms with E-state index in [1.165, 1.54) is 12.8 Å². The number of rotatable bonds is 7. The first-order valence-electron chi connectivity index (χ1n) is 7.37. The van der Waals surface area contributed by atoms with Gasteiger partial charge in [-0.1, -0.05) is 27.7 Å². The first kappa shape index (κ1) is 15.9. The van der Waals surface area contributed by atoms with Crippen molar-refractivity contribution in [2.45, 2.75) is 47.5 Å². The molecule has 0 aliphatic heterocycles. The molecule has 110 valence electrons. The van der Waals surface area contributed by atoms with Crippen LogP contribution in [0.25, 0.3) is 0 Å². The quantitative estimate of drug-likeness (QED) is 0.824. The van der Waals surface area contributed by atoms with Crippen molar-refractivity contribution in [1.29, 1.82) is 0 Å². The average molecular weight is 266 g/mol. The number of anilines is 2. The van der Waals surface area contributed by atoms with Gasteiger partial charge < -0.3 is 10.6 Å². The summed E-state index contributed by atoms with van der Waals surface area (Å²) in [7, 11) is 1.98. The third kappa shape index (κ3) is 4.44. The van der Waals surface area contributed by atoms with Gasteiger partial charge in [0.15, 0.2) is 0 Å². The lowest BCUT2D eigenvalue weighted by Crippen LogP contribution is -2.30. The molecule has 19 heavy (non-hydrogen) atoms. The van der Waals surface area contributed by atoms with E-state index in [-0.39, 0.29) is 0 Å². The molecule has 0 saturated heterocycles. The minimum atomic E-state index is 0.706. The number of nitrogens with zero attached hydrogens (tertiary/aromatic N) is 3. The summed E-state index contributed by atoms with van der Waals surface area (Å²) < 4.78 is 1.92. The van der Waals surface area contributed by atoms with Gasteiger partial charge in [-0.05, 0) is 31.6 Å². The summed E-state index contributed by atoms with van der Waals surface area (Å²) in [4.78, 5) is 2.40. The molecule has 0 spiro atoms. The maximum Gasteiger partial charge on any atom is 0.150 e. The maximum atomic E-state index is 6.19. The largest absolute Gasteiger partial charge is 0.394 e.